The first-order valence-corrected chi connectivity index (χ1v) is 6.41. The van der Waals surface area contributed by atoms with Crippen LogP contribution < -0.4 is 11.1 Å². The molecule has 0 atom stereocenters. The van der Waals surface area contributed by atoms with Gasteiger partial charge in [-0.25, -0.2) is 0 Å². The summed E-state index contributed by atoms with van der Waals surface area (Å²) in [7, 11) is 0. The van der Waals surface area contributed by atoms with Gasteiger partial charge >= 0.3 is 0 Å². The van der Waals surface area contributed by atoms with E-state index >= 15 is 0 Å². The minimum absolute atomic E-state index is 0.114. The smallest absolute Gasteiger partial charge is 0.253 e. The first kappa shape index (κ1) is 12.2. The number of rotatable bonds is 2. The van der Waals surface area contributed by atoms with Gasteiger partial charge in [-0.2, -0.15) is 0 Å². The quantitative estimate of drug-likeness (QED) is 0.795. The molecule has 0 aliphatic heterocycles. The Morgan fingerprint density at radius 2 is 2.00 bits per heavy atom. The van der Waals surface area contributed by atoms with Gasteiger partial charge in [-0.15, -0.1) is 0 Å². The van der Waals surface area contributed by atoms with E-state index in [9.17, 15) is 4.79 Å². The van der Waals surface area contributed by atoms with E-state index in [1.807, 2.05) is 0 Å². The van der Waals surface area contributed by atoms with E-state index in [0.717, 1.165) is 12.8 Å². The predicted molar refractivity (Wildman–Crippen MR) is 70.2 cm³/mol. The largest absolute Gasteiger partial charge is 0.397 e. The summed E-state index contributed by atoms with van der Waals surface area (Å²) in [5.41, 5.74) is 6.63. The molecule has 1 saturated carbocycles. The van der Waals surface area contributed by atoms with Crippen LogP contribution in [0.4, 0.5) is 5.69 Å². The Morgan fingerprint density at radius 1 is 1.29 bits per heavy atom. The molecule has 1 aliphatic carbocycles. The van der Waals surface area contributed by atoms with Crippen molar-refractivity contribution in [3.8, 4) is 0 Å². The number of carbonyl (C=O) groups excluding carboxylic acids is 1. The van der Waals surface area contributed by atoms with Crippen LogP contribution in [0.25, 0.3) is 0 Å². The third-order valence-corrected chi connectivity index (χ3v) is 3.57. The number of hydrogen-bond acceptors (Lipinski definition) is 2. The van der Waals surface area contributed by atoms with Crippen molar-refractivity contribution in [3.63, 3.8) is 0 Å². The van der Waals surface area contributed by atoms with Crippen molar-refractivity contribution in [2.24, 2.45) is 0 Å². The van der Waals surface area contributed by atoms with Crippen LogP contribution in [0.5, 0.6) is 0 Å². The Morgan fingerprint density at radius 3 is 2.71 bits per heavy atom. The lowest BCUT2D eigenvalue weighted by Crippen LogP contribution is -2.36. The summed E-state index contributed by atoms with van der Waals surface area (Å²) in [6, 6.07) is 5.43. The zero-order valence-electron chi connectivity index (χ0n) is 9.71. The number of benzene rings is 1. The number of anilines is 1. The highest BCUT2D eigenvalue weighted by atomic mass is 35.5. The molecule has 3 nitrogen and oxygen atoms in total. The van der Waals surface area contributed by atoms with Crippen molar-refractivity contribution in [2.45, 2.75) is 38.1 Å². The minimum atomic E-state index is -0.114. The number of nitrogens with one attached hydrogen (secondary N) is 1. The van der Waals surface area contributed by atoms with E-state index in [0.29, 0.717) is 16.3 Å². The number of halogens is 1. The van der Waals surface area contributed by atoms with Crippen LogP contribution in [0, 0.1) is 0 Å². The van der Waals surface area contributed by atoms with Gasteiger partial charge in [-0.1, -0.05) is 36.9 Å². The zero-order chi connectivity index (χ0) is 12.3. The second-order valence-corrected chi connectivity index (χ2v) is 4.92. The predicted octanol–water partition coefficient (Wildman–Crippen LogP) is 2.98. The SMILES string of the molecule is Nc1c(Cl)cccc1C(=O)NC1CCCCC1. The molecule has 1 aromatic carbocycles. The van der Waals surface area contributed by atoms with Crippen molar-refractivity contribution in [1.82, 2.24) is 5.32 Å². The normalized spacial score (nSPS) is 16.8. The van der Waals surface area contributed by atoms with Gasteiger partial charge in [0.1, 0.15) is 0 Å². The molecule has 0 saturated heterocycles. The Labute approximate surface area is 106 Å². The lowest BCUT2D eigenvalue weighted by molar-refractivity contribution is 0.0928. The van der Waals surface area contributed by atoms with Gasteiger partial charge in [0, 0.05) is 6.04 Å². The van der Waals surface area contributed by atoms with Crippen molar-refractivity contribution in [2.75, 3.05) is 5.73 Å². The third-order valence-electron chi connectivity index (χ3n) is 3.24. The minimum Gasteiger partial charge on any atom is -0.397 e. The molecule has 3 N–H and O–H groups in total. The number of nitrogen functional groups attached to an aromatic ring is 1. The summed E-state index contributed by atoms with van der Waals surface area (Å²) < 4.78 is 0. The molecule has 1 fully saturated rings. The summed E-state index contributed by atoms with van der Waals surface area (Å²) in [6.07, 6.45) is 5.77. The molecule has 1 amide bonds. The number of amides is 1. The molecular formula is C13H17ClN2O. The van der Waals surface area contributed by atoms with Crippen LogP contribution in [-0.4, -0.2) is 11.9 Å². The molecule has 4 heteroatoms. The molecule has 0 aromatic heterocycles. The van der Waals surface area contributed by atoms with E-state index in [2.05, 4.69) is 5.32 Å². The van der Waals surface area contributed by atoms with Crippen LogP contribution in [-0.2, 0) is 0 Å². The van der Waals surface area contributed by atoms with Gasteiger partial charge in [-0.3, -0.25) is 4.79 Å². The molecule has 92 valence electrons. The Bertz CT molecular complexity index is 414. The molecule has 0 spiro atoms. The highest BCUT2D eigenvalue weighted by molar-refractivity contribution is 6.33. The summed E-state index contributed by atoms with van der Waals surface area (Å²) in [6.45, 7) is 0. The Balaban J connectivity index is 2.06. The van der Waals surface area contributed by atoms with Gasteiger partial charge < -0.3 is 11.1 Å². The average Bonchev–Trinajstić information content (AvgIpc) is 2.34. The maximum Gasteiger partial charge on any atom is 0.253 e. The molecule has 1 aromatic rings. The van der Waals surface area contributed by atoms with Crippen LogP contribution in [0.1, 0.15) is 42.5 Å². The molecule has 0 radical (unpaired) electrons. The number of hydrogen-bond donors (Lipinski definition) is 2. The van der Waals surface area contributed by atoms with E-state index in [1.54, 1.807) is 18.2 Å². The maximum atomic E-state index is 12.0. The highest BCUT2D eigenvalue weighted by Gasteiger charge is 2.18. The van der Waals surface area contributed by atoms with E-state index < -0.39 is 0 Å². The number of para-hydroxylation sites is 1. The fourth-order valence-corrected chi connectivity index (χ4v) is 2.42. The molecule has 17 heavy (non-hydrogen) atoms. The standard InChI is InChI=1S/C13H17ClN2O/c14-11-8-4-7-10(12(11)15)13(17)16-9-5-2-1-3-6-9/h4,7-9H,1-3,5-6,15H2,(H,16,17). The molecular weight excluding hydrogens is 236 g/mol. The molecule has 0 heterocycles. The van der Waals surface area contributed by atoms with Crippen molar-refractivity contribution >= 4 is 23.2 Å². The number of nitrogens with two attached hydrogens (primary N) is 1. The first-order chi connectivity index (χ1) is 8.18. The topological polar surface area (TPSA) is 55.1 Å². The van der Waals surface area contributed by atoms with E-state index in [-0.39, 0.29) is 11.9 Å². The van der Waals surface area contributed by atoms with Crippen molar-refractivity contribution in [1.29, 1.82) is 0 Å². The number of carbonyl (C=O) groups is 1. The maximum absolute atomic E-state index is 12.0. The molecule has 2 rings (SSSR count). The Hall–Kier alpha value is -1.22. The zero-order valence-corrected chi connectivity index (χ0v) is 10.5. The van der Waals surface area contributed by atoms with Crippen LogP contribution >= 0.6 is 11.6 Å². The Kier molecular flexibility index (Phi) is 3.89. The fraction of sp³-hybridized carbons (Fsp3) is 0.462. The van der Waals surface area contributed by atoms with E-state index in [4.69, 9.17) is 17.3 Å². The summed E-state index contributed by atoms with van der Waals surface area (Å²) in [5.74, 6) is -0.114. The summed E-state index contributed by atoms with van der Waals surface area (Å²) in [5, 5.41) is 3.46. The third kappa shape index (κ3) is 2.91. The average molecular weight is 253 g/mol. The molecule has 0 unspecified atom stereocenters. The monoisotopic (exact) mass is 252 g/mol. The van der Waals surface area contributed by atoms with Crippen molar-refractivity contribution < 1.29 is 4.79 Å². The first-order valence-electron chi connectivity index (χ1n) is 6.03. The van der Waals surface area contributed by atoms with Crippen LogP contribution in [0.3, 0.4) is 0 Å². The van der Waals surface area contributed by atoms with Gasteiger partial charge in [0.25, 0.3) is 5.91 Å². The van der Waals surface area contributed by atoms with Crippen LogP contribution in [0.15, 0.2) is 18.2 Å². The van der Waals surface area contributed by atoms with E-state index in [1.165, 1.54) is 19.3 Å². The van der Waals surface area contributed by atoms with Gasteiger partial charge in [0.05, 0.1) is 16.3 Å². The van der Waals surface area contributed by atoms with Gasteiger partial charge in [0.2, 0.25) is 0 Å². The molecule has 1 aliphatic rings. The summed E-state index contributed by atoms with van der Waals surface area (Å²) in [4.78, 5) is 12.0. The van der Waals surface area contributed by atoms with Gasteiger partial charge in [0.15, 0.2) is 0 Å². The lowest BCUT2D eigenvalue weighted by Gasteiger charge is -2.23. The van der Waals surface area contributed by atoms with Crippen LogP contribution in [0.2, 0.25) is 5.02 Å². The van der Waals surface area contributed by atoms with Crippen molar-refractivity contribution in [3.05, 3.63) is 28.8 Å². The van der Waals surface area contributed by atoms with Gasteiger partial charge in [-0.05, 0) is 25.0 Å². The second-order valence-electron chi connectivity index (χ2n) is 4.51. The lowest BCUT2D eigenvalue weighted by atomic mass is 9.95. The molecule has 0 bridgehead atoms. The highest BCUT2D eigenvalue weighted by Crippen LogP contribution is 2.23. The summed E-state index contributed by atoms with van der Waals surface area (Å²) >= 11 is 5.90. The fourth-order valence-electron chi connectivity index (χ4n) is 2.25. The second kappa shape index (κ2) is 5.41.